The lowest BCUT2D eigenvalue weighted by Gasteiger charge is -2.10. The summed E-state index contributed by atoms with van der Waals surface area (Å²) in [6.07, 6.45) is 0. The standard InChI is InChI=1S/C48H30N2S2/c1-2-11-33(12-3-1)50-41-19-6-4-13-38(41)46-35(16-9-20-42(46)50)36-17-8-18-37-40-29-32(27-28-44(40)52-48(36)37)49-31-25-23-30(24-26-31)34-15-10-22-45-47(34)39-14-5-7-21-43(39)51-45/h1-29,49H. The van der Waals surface area contributed by atoms with Gasteiger partial charge in [-0.15, -0.1) is 22.7 Å². The Morgan fingerprint density at radius 2 is 1.04 bits per heavy atom. The molecule has 0 aliphatic carbocycles. The molecular weight excluding hydrogens is 669 g/mol. The molecule has 3 aromatic heterocycles. The van der Waals surface area contributed by atoms with Crippen molar-refractivity contribution in [3.05, 3.63) is 176 Å². The van der Waals surface area contributed by atoms with Gasteiger partial charge in [-0.25, -0.2) is 0 Å². The Kier molecular flexibility index (Phi) is 6.63. The lowest BCUT2D eigenvalue weighted by Crippen LogP contribution is -1.92. The predicted octanol–water partition coefficient (Wildman–Crippen LogP) is 14.6. The number of rotatable bonds is 5. The van der Waals surface area contributed by atoms with Crippen LogP contribution in [0.5, 0.6) is 0 Å². The summed E-state index contributed by atoms with van der Waals surface area (Å²) in [6.45, 7) is 0. The average Bonchev–Trinajstić information content (AvgIpc) is 3.88. The van der Waals surface area contributed by atoms with Crippen LogP contribution in [0.3, 0.4) is 0 Å². The molecule has 0 aliphatic heterocycles. The molecule has 0 aliphatic rings. The van der Waals surface area contributed by atoms with Crippen LogP contribution in [0.15, 0.2) is 176 Å². The van der Waals surface area contributed by atoms with Gasteiger partial charge in [-0.3, -0.25) is 0 Å². The molecule has 0 unspecified atom stereocenters. The number of hydrogen-bond donors (Lipinski definition) is 1. The number of aromatic nitrogens is 1. The first-order valence-electron chi connectivity index (χ1n) is 17.6. The van der Waals surface area contributed by atoms with E-state index in [1.54, 1.807) is 0 Å². The molecule has 3 heterocycles. The van der Waals surface area contributed by atoms with Crippen LogP contribution in [-0.4, -0.2) is 4.57 Å². The lowest BCUT2D eigenvalue weighted by atomic mass is 9.98. The summed E-state index contributed by atoms with van der Waals surface area (Å²) in [4.78, 5) is 0. The third-order valence-corrected chi connectivity index (χ3v) is 12.7. The summed E-state index contributed by atoms with van der Waals surface area (Å²) in [6, 6.07) is 64.1. The average molecular weight is 699 g/mol. The molecule has 2 nitrogen and oxygen atoms in total. The number of nitrogens with zero attached hydrogens (tertiary/aromatic N) is 1. The summed E-state index contributed by atoms with van der Waals surface area (Å²) >= 11 is 3.75. The van der Waals surface area contributed by atoms with E-state index < -0.39 is 0 Å². The first kappa shape index (κ1) is 29.5. The zero-order chi connectivity index (χ0) is 34.2. The fourth-order valence-corrected chi connectivity index (χ4v) is 10.4. The smallest absolute Gasteiger partial charge is 0.0547 e. The van der Waals surface area contributed by atoms with E-state index in [4.69, 9.17) is 0 Å². The molecular formula is C48H30N2S2. The van der Waals surface area contributed by atoms with Crippen molar-refractivity contribution >= 4 is 96.2 Å². The second kappa shape index (κ2) is 11.7. The minimum Gasteiger partial charge on any atom is -0.356 e. The quantitative estimate of drug-likeness (QED) is 0.189. The second-order valence-electron chi connectivity index (χ2n) is 13.4. The summed E-state index contributed by atoms with van der Waals surface area (Å²) in [5.74, 6) is 0. The number of para-hydroxylation sites is 2. The van der Waals surface area contributed by atoms with E-state index in [1.165, 1.54) is 90.1 Å². The topological polar surface area (TPSA) is 17.0 Å². The largest absolute Gasteiger partial charge is 0.356 e. The molecule has 0 amide bonds. The van der Waals surface area contributed by atoms with Crippen LogP contribution in [0.4, 0.5) is 11.4 Å². The van der Waals surface area contributed by atoms with Crippen molar-refractivity contribution in [2.75, 3.05) is 5.32 Å². The van der Waals surface area contributed by atoms with Gasteiger partial charge in [0.2, 0.25) is 0 Å². The van der Waals surface area contributed by atoms with Crippen molar-refractivity contribution in [2.24, 2.45) is 0 Å². The van der Waals surface area contributed by atoms with E-state index in [0.29, 0.717) is 0 Å². The summed E-state index contributed by atoms with van der Waals surface area (Å²) in [5.41, 5.74) is 10.8. The van der Waals surface area contributed by atoms with Crippen LogP contribution in [0.2, 0.25) is 0 Å². The van der Waals surface area contributed by atoms with Gasteiger partial charge < -0.3 is 9.88 Å². The van der Waals surface area contributed by atoms with Crippen LogP contribution in [0, 0.1) is 0 Å². The fraction of sp³-hybridized carbons (Fsp3) is 0. The van der Waals surface area contributed by atoms with Crippen molar-refractivity contribution < 1.29 is 0 Å². The van der Waals surface area contributed by atoms with Gasteiger partial charge in [0.05, 0.1) is 11.0 Å². The Morgan fingerprint density at radius 3 is 1.94 bits per heavy atom. The van der Waals surface area contributed by atoms with Gasteiger partial charge in [-0.1, -0.05) is 109 Å². The Bertz CT molecular complexity index is 3150. The number of benzene rings is 8. The van der Waals surface area contributed by atoms with E-state index in [2.05, 4.69) is 186 Å². The minimum atomic E-state index is 1.08. The molecule has 0 saturated carbocycles. The summed E-state index contributed by atoms with van der Waals surface area (Å²) in [7, 11) is 0. The van der Waals surface area contributed by atoms with E-state index in [0.717, 1.165) is 11.4 Å². The first-order valence-corrected chi connectivity index (χ1v) is 19.2. The molecule has 1 N–H and O–H groups in total. The van der Waals surface area contributed by atoms with E-state index >= 15 is 0 Å². The predicted molar refractivity (Wildman–Crippen MR) is 227 cm³/mol. The van der Waals surface area contributed by atoms with Crippen LogP contribution in [0.1, 0.15) is 0 Å². The van der Waals surface area contributed by atoms with Gasteiger partial charge in [-0.2, -0.15) is 0 Å². The Morgan fingerprint density at radius 1 is 0.385 bits per heavy atom. The molecule has 11 rings (SSSR count). The number of thiophene rings is 2. The Balaban J connectivity index is 0.981. The maximum atomic E-state index is 3.70. The molecule has 0 radical (unpaired) electrons. The number of nitrogens with one attached hydrogen (secondary N) is 1. The molecule has 8 aromatic carbocycles. The number of anilines is 2. The highest BCUT2D eigenvalue weighted by atomic mass is 32.1. The number of fused-ring (bicyclic) bond motifs is 9. The molecule has 11 aromatic rings. The van der Waals surface area contributed by atoms with Crippen molar-refractivity contribution in [3.8, 4) is 27.9 Å². The minimum absolute atomic E-state index is 1.08. The van der Waals surface area contributed by atoms with Gasteiger partial charge in [0.1, 0.15) is 0 Å². The summed E-state index contributed by atoms with van der Waals surface area (Å²) in [5, 5.41) is 11.5. The second-order valence-corrected chi connectivity index (χ2v) is 15.5. The first-order chi connectivity index (χ1) is 25.8. The van der Waals surface area contributed by atoms with Crippen molar-refractivity contribution in [2.45, 2.75) is 0 Å². The molecule has 52 heavy (non-hydrogen) atoms. The Hall–Kier alpha value is -6.20. The van der Waals surface area contributed by atoms with Crippen LogP contribution >= 0.6 is 22.7 Å². The molecule has 0 bridgehead atoms. The highest BCUT2D eigenvalue weighted by Crippen LogP contribution is 2.45. The number of hydrogen-bond acceptors (Lipinski definition) is 3. The maximum Gasteiger partial charge on any atom is 0.0547 e. The molecule has 244 valence electrons. The zero-order valence-corrected chi connectivity index (χ0v) is 29.6. The van der Waals surface area contributed by atoms with Gasteiger partial charge in [-0.05, 0) is 83.4 Å². The molecule has 0 saturated heterocycles. The fourth-order valence-electron chi connectivity index (χ4n) is 8.10. The molecule has 0 fully saturated rings. The van der Waals surface area contributed by atoms with Crippen molar-refractivity contribution in [3.63, 3.8) is 0 Å². The molecule has 0 spiro atoms. The highest BCUT2D eigenvalue weighted by molar-refractivity contribution is 7.26. The van der Waals surface area contributed by atoms with Gasteiger partial charge in [0.25, 0.3) is 0 Å². The monoisotopic (exact) mass is 698 g/mol. The van der Waals surface area contributed by atoms with E-state index in [-0.39, 0.29) is 0 Å². The van der Waals surface area contributed by atoms with Crippen LogP contribution in [-0.2, 0) is 0 Å². The third-order valence-electron chi connectivity index (χ3n) is 10.4. The zero-order valence-electron chi connectivity index (χ0n) is 28.0. The molecule has 0 atom stereocenters. The summed E-state index contributed by atoms with van der Waals surface area (Å²) < 4.78 is 7.67. The van der Waals surface area contributed by atoms with Gasteiger partial charge in [0.15, 0.2) is 0 Å². The van der Waals surface area contributed by atoms with Crippen LogP contribution < -0.4 is 5.32 Å². The highest BCUT2D eigenvalue weighted by Gasteiger charge is 2.19. The normalized spacial score (nSPS) is 11.8. The third kappa shape index (κ3) is 4.55. The molecule has 4 heteroatoms. The maximum absolute atomic E-state index is 3.70. The van der Waals surface area contributed by atoms with Crippen molar-refractivity contribution in [1.29, 1.82) is 0 Å². The Labute approximate surface area is 308 Å². The van der Waals surface area contributed by atoms with Gasteiger partial charge >= 0.3 is 0 Å². The SMILES string of the molecule is c1ccc(-n2c3ccccc3c3c(-c4cccc5c4sc4ccc(Nc6ccc(-c7cccc8sc9ccccc9c78)cc6)cc45)cccc32)cc1. The lowest BCUT2D eigenvalue weighted by molar-refractivity contribution is 1.18. The van der Waals surface area contributed by atoms with E-state index in [1.807, 2.05) is 22.7 Å². The van der Waals surface area contributed by atoms with Crippen molar-refractivity contribution in [1.82, 2.24) is 4.57 Å². The van der Waals surface area contributed by atoms with E-state index in [9.17, 15) is 0 Å². The van der Waals surface area contributed by atoms with Crippen LogP contribution in [0.25, 0.3) is 90.1 Å². The van der Waals surface area contributed by atoms with Gasteiger partial charge in [0, 0.05) is 73.7 Å².